The molecular formula is C11H13Cl2NO2. The largest absolute Gasteiger partial charge is 0.272 e. The van der Waals surface area contributed by atoms with Crippen molar-refractivity contribution in [3.8, 4) is 0 Å². The third-order valence-electron chi connectivity index (χ3n) is 2.28. The Morgan fingerprint density at radius 3 is 2.75 bits per heavy atom. The Hall–Kier alpha value is -0.800. The average Bonchev–Trinajstić information content (AvgIpc) is 2.17. The van der Waals surface area contributed by atoms with Crippen LogP contribution < -0.4 is 0 Å². The van der Waals surface area contributed by atoms with Crippen LogP contribution >= 0.6 is 23.2 Å². The Bertz CT molecular complexity index is 382. The minimum absolute atomic E-state index is 0.0813. The Balaban J connectivity index is 2.92. The SMILES string of the molecule is CCCC(Cl)Cc1cc(Cl)ccc1[N+](=O)[O-]. The van der Waals surface area contributed by atoms with Crippen LogP contribution in [0.5, 0.6) is 0 Å². The zero-order chi connectivity index (χ0) is 12.1. The summed E-state index contributed by atoms with van der Waals surface area (Å²) < 4.78 is 0. The standard InChI is InChI=1S/C11H13Cl2NO2/c1-2-3-9(12)6-8-7-10(13)4-5-11(8)14(15)16/h4-5,7,9H,2-3,6H2,1H3. The zero-order valence-electron chi connectivity index (χ0n) is 8.95. The summed E-state index contributed by atoms with van der Waals surface area (Å²) in [6.07, 6.45) is 2.28. The van der Waals surface area contributed by atoms with Crippen LogP contribution in [-0.2, 0) is 6.42 Å². The zero-order valence-corrected chi connectivity index (χ0v) is 10.5. The second-order valence-electron chi connectivity index (χ2n) is 3.62. The van der Waals surface area contributed by atoms with Crippen LogP contribution in [0, 0.1) is 10.1 Å². The molecule has 5 heteroatoms. The fraction of sp³-hybridized carbons (Fsp3) is 0.455. The lowest BCUT2D eigenvalue weighted by molar-refractivity contribution is -0.385. The lowest BCUT2D eigenvalue weighted by atomic mass is 10.1. The van der Waals surface area contributed by atoms with E-state index in [1.54, 1.807) is 6.07 Å². The van der Waals surface area contributed by atoms with Gasteiger partial charge in [0, 0.05) is 22.0 Å². The van der Waals surface area contributed by atoms with E-state index in [9.17, 15) is 10.1 Å². The van der Waals surface area contributed by atoms with E-state index < -0.39 is 4.92 Å². The molecule has 3 nitrogen and oxygen atoms in total. The number of rotatable bonds is 5. The molecule has 0 heterocycles. The smallest absolute Gasteiger partial charge is 0.258 e. The topological polar surface area (TPSA) is 43.1 Å². The normalized spacial score (nSPS) is 12.4. The Labute approximate surface area is 105 Å². The van der Waals surface area contributed by atoms with Crippen LogP contribution in [0.4, 0.5) is 5.69 Å². The lowest BCUT2D eigenvalue weighted by Gasteiger charge is -2.08. The number of nitrogens with zero attached hydrogens (tertiary/aromatic N) is 1. The van der Waals surface area contributed by atoms with Crippen molar-refractivity contribution in [1.82, 2.24) is 0 Å². The van der Waals surface area contributed by atoms with Gasteiger partial charge in [0.15, 0.2) is 0 Å². The summed E-state index contributed by atoms with van der Waals surface area (Å²) in [6.45, 7) is 2.03. The molecule has 0 bridgehead atoms. The highest BCUT2D eigenvalue weighted by Crippen LogP contribution is 2.25. The molecule has 0 saturated carbocycles. The summed E-state index contributed by atoms with van der Waals surface area (Å²) in [5.74, 6) is 0. The van der Waals surface area contributed by atoms with E-state index in [2.05, 4.69) is 0 Å². The maximum atomic E-state index is 10.8. The minimum Gasteiger partial charge on any atom is -0.258 e. The van der Waals surface area contributed by atoms with Crippen molar-refractivity contribution in [3.63, 3.8) is 0 Å². The highest BCUT2D eigenvalue weighted by atomic mass is 35.5. The monoisotopic (exact) mass is 261 g/mol. The average molecular weight is 262 g/mol. The van der Waals surface area contributed by atoms with Crippen LogP contribution in [0.1, 0.15) is 25.3 Å². The van der Waals surface area contributed by atoms with E-state index in [4.69, 9.17) is 23.2 Å². The highest BCUT2D eigenvalue weighted by molar-refractivity contribution is 6.30. The van der Waals surface area contributed by atoms with Gasteiger partial charge in [-0.15, -0.1) is 11.6 Å². The van der Waals surface area contributed by atoms with Crippen molar-refractivity contribution in [2.24, 2.45) is 0 Å². The molecule has 1 unspecified atom stereocenters. The van der Waals surface area contributed by atoms with Gasteiger partial charge in [-0.1, -0.05) is 24.9 Å². The predicted molar refractivity (Wildman–Crippen MR) is 66.4 cm³/mol. The van der Waals surface area contributed by atoms with Crippen molar-refractivity contribution in [1.29, 1.82) is 0 Å². The van der Waals surface area contributed by atoms with Crippen LogP contribution in [-0.4, -0.2) is 10.3 Å². The van der Waals surface area contributed by atoms with Gasteiger partial charge in [-0.3, -0.25) is 10.1 Å². The van der Waals surface area contributed by atoms with Gasteiger partial charge in [-0.2, -0.15) is 0 Å². The molecule has 16 heavy (non-hydrogen) atoms. The maximum absolute atomic E-state index is 10.8. The second kappa shape index (κ2) is 6.06. The number of hydrogen-bond donors (Lipinski definition) is 0. The minimum atomic E-state index is -0.402. The molecule has 88 valence electrons. The van der Waals surface area contributed by atoms with Crippen molar-refractivity contribution in [2.75, 3.05) is 0 Å². The first kappa shape index (κ1) is 13.3. The van der Waals surface area contributed by atoms with Gasteiger partial charge in [-0.25, -0.2) is 0 Å². The van der Waals surface area contributed by atoms with Crippen LogP contribution in [0.2, 0.25) is 5.02 Å². The van der Waals surface area contributed by atoms with E-state index in [-0.39, 0.29) is 11.1 Å². The number of hydrogen-bond acceptors (Lipinski definition) is 2. The summed E-state index contributed by atoms with van der Waals surface area (Å²) in [5, 5.41) is 11.2. The summed E-state index contributed by atoms with van der Waals surface area (Å²) in [6, 6.07) is 4.56. The summed E-state index contributed by atoms with van der Waals surface area (Å²) in [4.78, 5) is 10.4. The van der Waals surface area contributed by atoms with Crippen LogP contribution in [0.3, 0.4) is 0 Å². The van der Waals surface area contributed by atoms with Crippen LogP contribution in [0.15, 0.2) is 18.2 Å². The van der Waals surface area contributed by atoms with Crippen molar-refractivity contribution < 1.29 is 4.92 Å². The predicted octanol–water partition coefficient (Wildman–Crippen LogP) is 4.20. The van der Waals surface area contributed by atoms with Crippen molar-refractivity contribution in [3.05, 3.63) is 38.9 Å². The number of benzene rings is 1. The van der Waals surface area contributed by atoms with Gasteiger partial charge in [0.25, 0.3) is 5.69 Å². The Morgan fingerprint density at radius 2 is 2.19 bits per heavy atom. The Morgan fingerprint density at radius 1 is 1.50 bits per heavy atom. The lowest BCUT2D eigenvalue weighted by Crippen LogP contribution is -2.05. The van der Waals surface area contributed by atoms with Crippen LogP contribution in [0.25, 0.3) is 0 Å². The molecular weight excluding hydrogens is 249 g/mol. The quantitative estimate of drug-likeness (QED) is 0.453. The van der Waals surface area contributed by atoms with Gasteiger partial charge >= 0.3 is 0 Å². The van der Waals surface area contributed by atoms with Gasteiger partial charge in [-0.05, 0) is 25.0 Å². The maximum Gasteiger partial charge on any atom is 0.272 e. The molecule has 0 aromatic heterocycles. The fourth-order valence-corrected chi connectivity index (χ4v) is 2.13. The highest BCUT2D eigenvalue weighted by Gasteiger charge is 2.16. The first-order valence-electron chi connectivity index (χ1n) is 5.11. The van der Waals surface area contributed by atoms with Gasteiger partial charge in [0.05, 0.1) is 4.92 Å². The molecule has 0 aliphatic rings. The summed E-state index contributed by atoms with van der Waals surface area (Å²) >= 11 is 11.9. The third kappa shape index (κ3) is 3.65. The number of halogens is 2. The van der Waals surface area contributed by atoms with Gasteiger partial charge < -0.3 is 0 Å². The molecule has 1 aromatic carbocycles. The van der Waals surface area contributed by atoms with Gasteiger partial charge in [0.1, 0.15) is 0 Å². The molecule has 0 aliphatic carbocycles. The molecule has 1 aromatic rings. The number of nitro groups is 1. The van der Waals surface area contributed by atoms with Gasteiger partial charge in [0.2, 0.25) is 0 Å². The summed E-state index contributed by atoms with van der Waals surface area (Å²) in [7, 11) is 0. The Kier molecular flexibility index (Phi) is 5.03. The van der Waals surface area contributed by atoms with E-state index >= 15 is 0 Å². The van der Waals surface area contributed by atoms with E-state index in [1.165, 1.54) is 12.1 Å². The van der Waals surface area contributed by atoms with E-state index in [1.807, 2.05) is 6.92 Å². The molecule has 0 aliphatic heterocycles. The summed E-state index contributed by atoms with van der Waals surface area (Å²) in [5.41, 5.74) is 0.692. The number of nitro benzene ring substituents is 1. The molecule has 0 radical (unpaired) electrons. The van der Waals surface area contributed by atoms with Crippen molar-refractivity contribution >= 4 is 28.9 Å². The molecule has 0 saturated heterocycles. The van der Waals surface area contributed by atoms with E-state index in [0.29, 0.717) is 17.0 Å². The molecule has 0 N–H and O–H groups in total. The number of alkyl halides is 1. The second-order valence-corrected chi connectivity index (χ2v) is 4.67. The first-order valence-corrected chi connectivity index (χ1v) is 5.93. The van der Waals surface area contributed by atoms with E-state index in [0.717, 1.165) is 12.8 Å². The first-order chi connectivity index (χ1) is 7.54. The third-order valence-corrected chi connectivity index (χ3v) is 2.89. The molecule has 1 rings (SSSR count). The molecule has 0 spiro atoms. The molecule has 0 fully saturated rings. The molecule has 1 atom stereocenters. The molecule has 0 amide bonds. The fourth-order valence-electron chi connectivity index (χ4n) is 1.55. The van der Waals surface area contributed by atoms with Crippen molar-refractivity contribution in [2.45, 2.75) is 31.6 Å².